The summed E-state index contributed by atoms with van der Waals surface area (Å²) in [5.74, 6) is -0.0398. The molecule has 6 nitrogen and oxygen atoms in total. The first-order valence-corrected chi connectivity index (χ1v) is 8.75. The highest BCUT2D eigenvalue weighted by atomic mass is 19.1. The minimum Gasteiger partial charge on any atom is -0.496 e. The van der Waals surface area contributed by atoms with Crippen molar-refractivity contribution in [1.29, 1.82) is 0 Å². The predicted molar refractivity (Wildman–Crippen MR) is 103 cm³/mol. The van der Waals surface area contributed by atoms with Crippen molar-refractivity contribution < 1.29 is 13.9 Å². The van der Waals surface area contributed by atoms with Crippen LogP contribution in [-0.2, 0) is 11.3 Å². The zero-order valence-electron chi connectivity index (χ0n) is 15.6. The van der Waals surface area contributed by atoms with E-state index in [1.54, 1.807) is 32.2 Å². The van der Waals surface area contributed by atoms with Crippen LogP contribution in [0.2, 0.25) is 0 Å². The number of rotatable bonds is 6. The summed E-state index contributed by atoms with van der Waals surface area (Å²) < 4.78 is 19.5. The third kappa shape index (κ3) is 4.25. The number of halogens is 1. The molecule has 7 heteroatoms. The third-order valence-corrected chi connectivity index (χ3v) is 4.36. The van der Waals surface area contributed by atoms with Crippen molar-refractivity contribution in [2.45, 2.75) is 19.5 Å². The van der Waals surface area contributed by atoms with Gasteiger partial charge in [-0.05, 0) is 43.3 Å². The number of benzene rings is 2. The number of hydrogen-bond donors (Lipinski definition) is 1. The van der Waals surface area contributed by atoms with Crippen molar-refractivity contribution in [3.8, 4) is 17.0 Å². The van der Waals surface area contributed by atoms with Gasteiger partial charge in [-0.25, -0.2) is 9.07 Å². The van der Waals surface area contributed by atoms with Crippen LogP contribution in [0.4, 0.5) is 4.39 Å². The van der Waals surface area contributed by atoms with Crippen LogP contribution in [-0.4, -0.2) is 22.8 Å². The predicted octanol–water partition coefficient (Wildman–Crippen LogP) is 2.94. The fraction of sp³-hybridized carbons (Fsp3) is 0.190. The molecule has 0 bridgehead atoms. The van der Waals surface area contributed by atoms with Crippen LogP contribution in [0.25, 0.3) is 11.3 Å². The number of nitrogens with one attached hydrogen (secondary N) is 1. The van der Waals surface area contributed by atoms with Crippen molar-refractivity contribution in [1.82, 2.24) is 15.1 Å². The van der Waals surface area contributed by atoms with E-state index >= 15 is 0 Å². The average molecular weight is 381 g/mol. The molecule has 0 saturated heterocycles. The maximum atomic E-state index is 13.1. The van der Waals surface area contributed by atoms with E-state index in [1.807, 2.05) is 24.3 Å². The highest BCUT2D eigenvalue weighted by Crippen LogP contribution is 2.18. The largest absolute Gasteiger partial charge is 0.496 e. The van der Waals surface area contributed by atoms with Crippen LogP contribution in [0.5, 0.6) is 5.75 Å². The lowest BCUT2D eigenvalue weighted by Crippen LogP contribution is -2.36. The van der Waals surface area contributed by atoms with E-state index < -0.39 is 11.6 Å². The summed E-state index contributed by atoms with van der Waals surface area (Å²) in [5, 5.41) is 7.08. The second-order valence-electron chi connectivity index (χ2n) is 6.21. The van der Waals surface area contributed by atoms with Gasteiger partial charge >= 0.3 is 0 Å². The van der Waals surface area contributed by atoms with E-state index in [0.717, 1.165) is 10.2 Å². The second-order valence-corrected chi connectivity index (χ2v) is 6.21. The minimum absolute atomic E-state index is 0.263. The van der Waals surface area contributed by atoms with Crippen LogP contribution in [0.3, 0.4) is 0 Å². The molecule has 2 aromatic carbocycles. The first-order valence-electron chi connectivity index (χ1n) is 8.75. The van der Waals surface area contributed by atoms with Crippen molar-refractivity contribution >= 4 is 5.91 Å². The van der Waals surface area contributed by atoms with Gasteiger partial charge in [0.15, 0.2) is 0 Å². The first-order chi connectivity index (χ1) is 13.5. The summed E-state index contributed by atoms with van der Waals surface area (Å²) in [7, 11) is 1.56. The van der Waals surface area contributed by atoms with Crippen LogP contribution < -0.4 is 15.6 Å². The molecule has 1 aromatic heterocycles. The molecule has 0 aliphatic rings. The van der Waals surface area contributed by atoms with Gasteiger partial charge in [0.2, 0.25) is 5.91 Å². The molecule has 0 aliphatic heterocycles. The lowest BCUT2D eigenvalue weighted by atomic mass is 10.1. The van der Waals surface area contributed by atoms with Gasteiger partial charge in [0.1, 0.15) is 17.6 Å². The number of amides is 1. The smallest absolute Gasteiger partial charge is 0.267 e. The van der Waals surface area contributed by atoms with Gasteiger partial charge in [-0.3, -0.25) is 9.59 Å². The Morgan fingerprint density at radius 1 is 1.14 bits per heavy atom. The lowest BCUT2D eigenvalue weighted by Gasteiger charge is -2.16. The quantitative estimate of drug-likeness (QED) is 0.713. The molecule has 0 saturated carbocycles. The van der Waals surface area contributed by atoms with Gasteiger partial charge in [-0.15, -0.1) is 0 Å². The number of carbonyl (C=O) groups is 1. The molecule has 0 aliphatic carbocycles. The Balaban J connectivity index is 1.78. The average Bonchev–Trinajstić information content (AvgIpc) is 2.72. The van der Waals surface area contributed by atoms with Crippen molar-refractivity contribution in [3.05, 3.63) is 82.4 Å². The summed E-state index contributed by atoms with van der Waals surface area (Å²) in [6, 6.07) is 15.2. The highest BCUT2D eigenvalue weighted by molar-refractivity contribution is 5.79. The summed E-state index contributed by atoms with van der Waals surface area (Å²) >= 11 is 0. The molecule has 3 rings (SSSR count). The van der Waals surface area contributed by atoms with Gasteiger partial charge in [0.05, 0.1) is 12.8 Å². The van der Waals surface area contributed by atoms with Crippen LogP contribution >= 0.6 is 0 Å². The Bertz CT molecular complexity index is 1030. The zero-order valence-corrected chi connectivity index (χ0v) is 15.6. The van der Waals surface area contributed by atoms with Crippen LogP contribution in [0.1, 0.15) is 18.5 Å². The summed E-state index contributed by atoms with van der Waals surface area (Å²) in [5.41, 5.74) is 1.55. The number of aromatic nitrogens is 2. The topological polar surface area (TPSA) is 73.2 Å². The van der Waals surface area contributed by atoms with Crippen LogP contribution in [0.15, 0.2) is 65.5 Å². The molecule has 0 radical (unpaired) electrons. The van der Waals surface area contributed by atoms with Gasteiger partial charge in [0.25, 0.3) is 5.56 Å². The Kier molecular flexibility index (Phi) is 5.84. The molecule has 0 spiro atoms. The van der Waals surface area contributed by atoms with E-state index in [2.05, 4.69) is 10.4 Å². The normalized spacial score (nSPS) is 11.7. The molecule has 1 unspecified atom stereocenters. The number of carbonyl (C=O) groups excluding carboxylic acids is 1. The molecular weight excluding hydrogens is 361 g/mol. The number of methoxy groups -OCH3 is 1. The monoisotopic (exact) mass is 381 g/mol. The Hall–Kier alpha value is -3.48. The van der Waals surface area contributed by atoms with Crippen molar-refractivity contribution in [3.63, 3.8) is 0 Å². The first kappa shape index (κ1) is 19.3. The molecule has 1 amide bonds. The van der Waals surface area contributed by atoms with Crippen molar-refractivity contribution in [2.75, 3.05) is 7.11 Å². The second kappa shape index (κ2) is 8.47. The SMILES string of the molecule is COc1ccccc1CNC(=O)C(C)n1nc(-c2ccc(F)cc2)ccc1=O. The fourth-order valence-corrected chi connectivity index (χ4v) is 2.77. The van der Waals surface area contributed by atoms with E-state index in [1.165, 1.54) is 18.2 Å². The maximum Gasteiger partial charge on any atom is 0.267 e. The van der Waals surface area contributed by atoms with Gasteiger partial charge < -0.3 is 10.1 Å². The summed E-state index contributed by atoms with van der Waals surface area (Å²) in [6.45, 7) is 1.86. The molecule has 1 heterocycles. The van der Waals surface area contributed by atoms with Gasteiger partial charge in [-0.2, -0.15) is 5.10 Å². The highest BCUT2D eigenvalue weighted by Gasteiger charge is 2.18. The third-order valence-electron chi connectivity index (χ3n) is 4.36. The molecule has 1 atom stereocenters. The number of nitrogens with zero attached hydrogens (tertiary/aromatic N) is 2. The molecule has 28 heavy (non-hydrogen) atoms. The Morgan fingerprint density at radius 2 is 1.86 bits per heavy atom. The van der Waals surface area contributed by atoms with E-state index in [4.69, 9.17) is 4.74 Å². The minimum atomic E-state index is -0.817. The van der Waals surface area contributed by atoms with Crippen LogP contribution in [0, 0.1) is 5.82 Å². The Morgan fingerprint density at radius 3 is 2.57 bits per heavy atom. The van der Waals surface area contributed by atoms with E-state index in [-0.39, 0.29) is 18.3 Å². The molecule has 1 N–H and O–H groups in total. The number of hydrogen-bond acceptors (Lipinski definition) is 4. The molecule has 144 valence electrons. The summed E-state index contributed by atoms with van der Waals surface area (Å²) in [4.78, 5) is 24.8. The fourth-order valence-electron chi connectivity index (χ4n) is 2.77. The summed E-state index contributed by atoms with van der Waals surface area (Å²) in [6.07, 6.45) is 0. The molecule has 3 aromatic rings. The zero-order chi connectivity index (χ0) is 20.1. The van der Waals surface area contributed by atoms with Gasteiger partial charge in [-0.1, -0.05) is 18.2 Å². The standard InChI is InChI=1S/C21H20FN3O3/c1-14(21(27)23-13-16-5-3-4-6-19(16)28-2)25-20(26)12-11-18(24-25)15-7-9-17(22)10-8-15/h3-12,14H,13H2,1-2H3,(H,23,27). The lowest BCUT2D eigenvalue weighted by molar-refractivity contribution is -0.124. The van der Waals surface area contributed by atoms with Gasteiger partial charge in [0, 0.05) is 23.7 Å². The number of ether oxygens (including phenoxy) is 1. The van der Waals surface area contributed by atoms with E-state index in [0.29, 0.717) is 17.0 Å². The maximum absolute atomic E-state index is 13.1. The van der Waals surface area contributed by atoms with Crippen molar-refractivity contribution in [2.24, 2.45) is 0 Å². The number of para-hydroxylation sites is 1. The molecular formula is C21H20FN3O3. The Labute approximate surface area is 161 Å². The molecule has 0 fully saturated rings. The van der Waals surface area contributed by atoms with E-state index in [9.17, 15) is 14.0 Å².